The van der Waals surface area contributed by atoms with Crippen molar-refractivity contribution in [2.75, 3.05) is 13.2 Å². The Bertz CT molecular complexity index is 722. The first kappa shape index (κ1) is 17.3. The van der Waals surface area contributed by atoms with Crippen LogP contribution in [0.2, 0.25) is 0 Å². The third kappa shape index (κ3) is 3.79. The fourth-order valence-corrected chi connectivity index (χ4v) is 2.89. The van der Waals surface area contributed by atoms with Gasteiger partial charge in [-0.1, -0.05) is 0 Å². The molecule has 1 saturated heterocycles. The molecule has 8 nitrogen and oxygen atoms in total. The lowest BCUT2D eigenvalue weighted by Gasteiger charge is -2.19. The molecule has 8 heteroatoms. The maximum absolute atomic E-state index is 12.5. The van der Waals surface area contributed by atoms with E-state index < -0.39 is 0 Å². The zero-order chi connectivity index (χ0) is 17.8. The second kappa shape index (κ2) is 7.60. The van der Waals surface area contributed by atoms with Crippen LogP contribution in [0.15, 0.2) is 18.3 Å². The van der Waals surface area contributed by atoms with Crippen molar-refractivity contribution < 1.29 is 14.3 Å². The normalized spacial score (nSPS) is 18.1. The monoisotopic (exact) mass is 345 g/mol. The molecule has 1 N–H and O–H groups in total. The highest BCUT2D eigenvalue weighted by atomic mass is 16.5. The first-order valence-electron chi connectivity index (χ1n) is 8.54. The number of ether oxygens (including phenoxy) is 2. The predicted octanol–water partition coefficient (Wildman–Crippen LogP) is 1.67. The number of aromatic nitrogens is 4. The van der Waals surface area contributed by atoms with Gasteiger partial charge in [0.25, 0.3) is 5.91 Å². The first-order valence-corrected chi connectivity index (χ1v) is 8.54. The largest absolute Gasteiger partial charge is 0.477 e. The van der Waals surface area contributed by atoms with Gasteiger partial charge in [-0.05, 0) is 39.7 Å². The Morgan fingerprint density at radius 3 is 2.96 bits per heavy atom. The topological polar surface area (TPSA) is 91.2 Å². The number of amides is 1. The molecule has 2 unspecified atom stereocenters. The van der Waals surface area contributed by atoms with Crippen LogP contribution in [0.5, 0.6) is 5.88 Å². The zero-order valence-electron chi connectivity index (χ0n) is 14.7. The Morgan fingerprint density at radius 2 is 2.32 bits per heavy atom. The third-order valence-electron chi connectivity index (χ3n) is 4.27. The SMILES string of the molecule is CCOc1ccc(-n2ncc(C(=O)NC(C)C3CCCO3)c2C)nn1. The van der Waals surface area contributed by atoms with Crippen molar-refractivity contribution in [3.8, 4) is 11.7 Å². The molecule has 1 amide bonds. The van der Waals surface area contributed by atoms with Gasteiger partial charge in [0, 0.05) is 12.7 Å². The highest BCUT2D eigenvalue weighted by molar-refractivity contribution is 5.95. The molecular weight excluding hydrogens is 322 g/mol. The predicted molar refractivity (Wildman–Crippen MR) is 91.0 cm³/mol. The van der Waals surface area contributed by atoms with Crippen LogP contribution in [0, 0.1) is 6.92 Å². The zero-order valence-corrected chi connectivity index (χ0v) is 14.7. The van der Waals surface area contributed by atoms with Crippen molar-refractivity contribution in [3.63, 3.8) is 0 Å². The Kier molecular flexibility index (Phi) is 5.28. The van der Waals surface area contributed by atoms with Crippen molar-refractivity contribution in [3.05, 3.63) is 29.6 Å². The van der Waals surface area contributed by atoms with Crippen molar-refractivity contribution in [1.82, 2.24) is 25.3 Å². The van der Waals surface area contributed by atoms with Crippen LogP contribution < -0.4 is 10.1 Å². The van der Waals surface area contributed by atoms with E-state index in [0.29, 0.717) is 29.6 Å². The van der Waals surface area contributed by atoms with Gasteiger partial charge in [0.1, 0.15) is 0 Å². The smallest absolute Gasteiger partial charge is 0.255 e. The minimum atomic E-state index is -0.161. The molecule has 1 aliphatic heterocycles. The summed E-state index contributed by atoms with van der Waals surface area (Å²) in [4.78, 5) is 12.5. The van der Waals surface area contributed by atoms with Gasteiger partial charge in [-0.25, -0.2) is 4.68 Å². The Morgan fingerprint density at radius 1 is 1.48 bits per heavy atom. The van der Waals surface area contributed by atoms with Crippen LogP contribution in [0.25, 0.3) is 5.82 Å². The lowest BCUT2D eigenvalue weighted by atomic mass is 10.1. The van der Waals surface area contributed by atoms with E-state index in [1.165, 1.54) is 0 Å². The first-order chi connectivity index (χ1) is 12.1. The van der Waals surface area contributed by atoms with E-state index in [-0.39, 0.29) is 18.1 Å². The molecule has 2 atom stereocenters. The summed E-state index contributed by atoms with van der Waals surface area (Å²) in [5.41, 5.74) is 1.22. The molecule has 1 aliphatic rings. The van der Waals surface area contributed by atoms with Crippen molar-refractivity contribution >= 4 is 5.91 Å². The van der Waals surface area contributed by atoms with Gasteiger partial charge < -0.3 is 14.8 Å². The summed E-state index contributed by atoms with van der Waals surface area (Å²) in [5, 5.41) is 15.4. The van der Waals surface area contributed by atoms with Crippen LogP contribution in [-0.4, -0.2) is 51.2 Å². The molecule has 0 spiro atoms. The number of rotatable bonds is 6. The van der Waals surface area contributed by atoms with Gasteiger partial charge in [-0.15, -0.1) is 10.2 Å². The third-order valence-corrected chi connectivity index (χ3v) is 4.27. The van der Waals surface area contributed by atoms with E-state index in [1.807, 2.05) is 20.8 Å². The molecule has 0 saturated carbocycles. The molecule has 3 heterocycles. The average Bonchev–Trinajstić information content (AvgIpc) is 3.26. The van der Waals surface area contributed by atoms with E-state index in [0.717, 1.165) is 19.4 Å². The fraction of sp³-hybridized carbons (Fsp3) is 0.529. The molecule has 0 radical (unpaired) electrons. The van der Waals surface area contributed by atoms with Gasteiger partial charge in [-0.2, -0.15) is 5.10 Å². The van der Waals surface area contributed by atoms with E-state index in [1.54, 1.807) is 23.0 Å². The number of carbonyl (C=O) groups excluding carboxylic acids is 1. The van der Waals surface area contributed by atoms with Crippen LogP contribution in [0.4, 0.5) is 0 Å². The van der Waals surface area contributed by atoms with E-state index in [2.05, 4.69) is 20.6 Å². The van der Waals surface area contributed by atoms with E-state index in [4.69, 9.17) is 9.47 Å². The lowest BCUT2D eigenvalue weighted by molar-refractivity contribution is 0.0712. The van der Waals surface area contributed by atoms with Gasteiger partial charge in [-0.3, -0.25) is 4.79 Å². The molecule has 134 valence electrons. The average molecular weight is 345 g/mol. The maximum Gasteiger partial charge on any atom is 0.255 e. The molecule has 0 aliphatic carbocycles. The summed E-state index contributed by atoms with van der Waals surface area (Å²) < 4.78 is 12.5. The van der Waals surface area contributed by atoms with Crippen LogP contribution in [0.1, 0.15) is 42.7 Å². The van der Waals surface area contributed by atoms with Crippen LogP contribution in [0.3, 0.4) is 0 Å². The lowest BCUT2D eigenvalue weighted by Crippen LogP contribution is -2.40. The van der Waals surface area contributed by atoms with Gasteiger partial charge >= 0.3 is 0 Å². The summed E-state index contributed by atoms with van der Waals surface area (Å²) >= 11 is 0. The van der Waals surface area contributed by atoms with Gasteiger partial charge in [0.05, 0.1) is 36.2 Å². The summed E-state index contributed by atoms with van der Waals surface area (Å²) in [6.45, 7) is 6.97. The number of nitrogens with zero attached hydrogens (tertiary/aromatic N) is 4. The standard InChI is InChI=1S/C17H23N5O3/c1-4-24-16-8-7-15(20-21-16)22-12(3)13(10-18-22)17(23)19-11(2)14-6-5-9-25-14/h7-8,10-11,14H,4-6,9H2,1-3H3,(H,19,23). The molecule has 2 aromatic rings. The Hall–Kier alpha value is -2.48. The van der Waals surface area contributed by atoms with Crippen molar-refractivity contribution in [2.24, 2.45) is 0 Å². The Balaban J connectivity index is 1.72. The summed E-state index contributed by atoms with van der Waals surface area (Å²) in [6, 6.07) is 3.45. The summed E-state index contributed by atoms with van der Waals surface area (Å²) in [5.74, 6) is 0.831. The van der Waals surface area contributed by atoms with Crippen LogP contribution >= 0.6 is 0 Å². The molecule has 1 fully saturated rings. The van der Waals surface area contributed by atoms with E-state index >= 15 is 0 Å². The second-order valence-electron chi connectivity index (χ2n) is 6.03. The molecule has 0 bridgehead atoms. The number of carbonyl (C=O) groups is 1. The highest BCUT2D eigenvalue weighted by Gasteiger charge is 2.25. The molecule has 3 rings (SSSR count). The van der Waals surface area contributed by atoms with Crippen LogP contribution in [-0.2, 0) is 4.74 Å². The fourth-order valence-electron chi connectivity index (χ4n) is 2.89. The molecule has 25 heavy (non-hydrogen) atoms. The second-order valence-corrected chi connectivity index (χ2v) is 6.03. The van der Waals surface area contributed by atoms with Crippen molar-refractivity contribution in [1.29, 1.82) is 0 Å². The Labute approximate surface area is 146 Å². The molecular formula is C17H23N5O3. The van der Waals surface area contributed by atoms with E-state index in [9.17, 15) is 4.79 Å². The quantitative estimate of drug-likeness (QED) is 0.856. The number of hydrogen-bond donors (Lipinski definition) is 1. The van der Waals surface area contributed by atoms with Gasteiger partial charge in [0.15, 0.2) is 5.82 Å². The molecule has 0 aromatic carbocycles. The minimum Gasteiger partial charge on any atom is -0.477 e. The van der Waals surface area contributed by atoms with Gasteiger partial charge in [0.2, 0.25) is 5.88 Å². The number of hydrogen-bond acceptors (Lipinski definition) is 6. The number of nitrogens with one attached hydrogen (secondary N) is 1. The van der Waals surface area contributed by atoms with Crippen molar-refractivity contribution in [2.45, 2.75) is 45.8 Å². The summed E-state index contributed by atoms with van der Waals surface area (Å²) in [6.07, 6.45) is 3.64. The highest BCUT2D eigenvalue weighted by Crippen LogP contribution is 2.17. The maximum atomic E-state index is 12.5. The summed E-state index contributed by atoms with van der Waals surface area (Å²) in [7, 11) is 0. The molecule has 2 aromatic heterocycles. The minimum absolute atomic E-state index is 0.0389.